The molecule has 0 aliphatic carbocycles. The Morgan fingerprint density at radius 3 is 2.09 bits per heavy atom. The summed E-state index contributed by atoms with van der Waals surface area (Å²) >= 11 is 0. The van der Waals surface area contributed by atoms with Crippen LogP contribution in [0.1, 0.15) is 102 Å². The van der Waals surface area contributed by atoms with Gasteiger partial charge >= 0.3 is 0 Å². The highest BCUT2D eigenvalue weighted by Crippen LogP contribution is 2.53. The molecule has 0 aromatic heterocycles. The van der Waals surface area contributed by atoms with E-state index in [1.54, 1.807) is 0 Å². The maximum absolute atomic E-state index is 12.9. The van der Waals surface area contributed by atoms with Gasteiger partial charge in [0.25, 0.3) is 0 Å². The number of amides is 1. The number of nitrogens with one attached hydrogen (secondary N) is 1. The molecule has 0 aromatic rings. The van der Waals surface area contributed by atoms with Gasteiger partial charge in [-0.1, -0.05) is 92.4 Å². The lowest BCUT2D eigenvalue weighted by Crippen LogP contribution is -2.54. The van der Waals surface area contributed by atoms with Crippen molar-refractivity contribution < 1.29 is 4.79 Å². The second-order valence-electron chi connectivity index (χ2n) is 13.5. The van der Waals surface area contributed by atoms with E-state index in [2.05, 4.69) is 91.3 Å². The predicted molar refractivity (Wildman–Crippen MR) is 154 cm³/mol. The summed E-state index contributed by atoms with van der Waals surface area (Å²) in [6, 6.07) is 0.170. The summed E-state index contributed by atoms with van der Waals surface area (Å²) < 4.78 is 0. The summed E-state index contributed by atoms with van der Waals surface area (Å²) in [6.45, 7) is 29.8. The molecule has 1 heterocycles. The van der Waals surface area contributed by atoms with Crippen LogP contribution in [0.25, 0.3) is 0 Å². The smallest absolute Gasteiger partial charge is 0.222 e. The molecule has 0 aromatic carbocycles. The average molecular weight is 481 g/mol. The maximum Gasteiger partial charge on any atom is 0.222 e. The zero-order valence-electron chi connectivity index (χ0n) is 24.7. The lowest BCUT2D eigenvalue weighted by atomic mass is 9.53. The highest BCUT2D eigenvalue weighted by Gasteiger charge is 2.50. The predicted octanol–water partition coefficient (Wildman–Crippen LogP) is 7.98. The first kappa shape index (κ1) is 31.3. The van der Waals surface area contributed by atoms with Crippen LogP contribution in [0, 0.1) is 22.2 Å². The fourth-order valence-electron chi connectivity index (χ4n) is 5.18. The molecule has 0 saturated carbocycles. The molecular formula is C31H53BN2O. The van der Waals surface area contributed by atoms with Crippen LogP contribution in [0.15, 0.2) is 48.4 Å². The minimum atomic E-state index is -0.456. The van der Waals surface area contributed by atoms with Crippen molar-refractivity contribution in [2.45, 2.75) is 113 Å². The molecule has 4 heteroatoms. The number of allylic oxidation sites excluding steroid dienone is 6. The molecule has 1 amide bonds. The first-order valence-electron chi connectivity index (χ1n) is 13.4. The minimum absolute atomic E-state index is 0.0422. The van der Waals surface area contributed by atoms with Crippen molar-refractivity contribution in [2.24, 2.45) is 22.2 Å². The number of hydrogen-bond donors (Lipinski definition) is 1. The SMILES string of the molecule is [B]C(C)(C)C(CC(C)(C)C(C)(C)C(CC(C)(C)C)N1CCCC1=O)C(=C)NC(/C=C\C)=C/C=C\C. The fourth-order valence-corrected chi connectivity index (χ4v) is 5.18. The molecule has 1 rings (SSSR count). The largest absolute Gasteiger partial charge is 0.359 e. The summed E-state index contributed by atoms with van der Waals surface area (Å²) in [5, 5.41) is 3.09. The van der Waals surface area contributed by atoms with Crippen LogP contribution in [0.5, 0.6) is 0 Å². The highest BCUT2D eigenvalue weighted by molar-refractivity contribution is 6.15. The molecule has 1 aliphatic rings. The maximum atomic E-state index is 12.9. The monoisotopic (exact) mass is 480 g/mol. The number of carbonyl (C=O) groups is 1. The Bertz CT molecular complexity index is 818. The van der Waals surface area contributed by atoms with Crippen LogP contribution in [-0.4, -0.2) is 31.2 Å². The lowest BCUT2D eigenvalue weighted by Gasteiger charge is -2.54. The van der Waals surface area contributed by atoms with E-state index >= 15 is 0 Å². The normalized spacial score (nSPS) is 18.5. The van der Waals surface area contributed by atoms with E-state index in [9.17, 15) is 4.79 Å². The quantitative estimate of drug-likeness (QED) is 0.227. The molecule has 1 aliphatic heterocycles. The number of likely N-dealkylation sites (tertiary alicyclic amines) is 1. The Morgan fingerprint density at radius 2 is 1.66 bits per heavy atom. The number of carbonyl (C=O) groups excluding carboxylic acids is 1. The van der Waals surface area contributed by atoms with E-state index < -0.39 is 5.31 Å². The molecule has 2 radical (unpaired) electrons. The van der Waals surface area contributed by atoms with E-state index in [0.29, 0.717) is 12.3 Å². The van der Waals surface area contributed by atoms with Crippen molar-refractivity contribution >= 4 is 13.8 Å². The fraction of sp³-hybridized carbons (Fsp3) is 0.710. The number of rotatable bonds is 12. The molecule has 3 nitrogen and oxygen atoms in total. The molecule has 1 N–H and O–H groups in total. The van der Waals surface area contributed by atoms with Crippen LogP contribution in [0.4, 0.5) is 0 Å². The van der Waals surface area contributed by atoms with Crippen LogP contribution >= 0.6 is 0 Å². The van der Waals surface area contributed by atoms with Crippen molar-refractivity contribution in [3.8, 4) is 0 Å². The average Bonchev–Trinajstić information content (AvgIpc) is 3.12. The molecule has 1 saturated heterocycles. The third-order valence-corrected chi connectivity index (χ3v) is 8.02. The van der Waals surface area contributed by atoms with E-state index in [1.807, 2.05) is 32.1 Å². The van der Waals surface area contributed by atoms with Crippen molar-refractivity contribution in [2.75, 3.05) is 6.54 Å². The Labute approximate surface area is 219 Å². The van der Waals surface area contributed by atoms with Crippen LogP contribution in [0.2, 0.25) is 5.31 Å². The third-order valence-electron chi connectivity index (χ3n) is 8.02. The summed E-state index contributed by atoms with van der Waals surface area (Å²) in [7, 11) is 6.79. The van der Waals surface area contributed by atoms with Gasteiger partial charge in [-0.2, -0.15) is 0 Å². The Morgan fingerprint density at radius 1 is 1.06 bits per heavy atom. The molecule has 2 unspecified atom stereocenters. The Kier molecular flexibility index (Phi) is 10.8. The van der Waals surface area contributed by atoms with E-state index in [1.165, 1.54) is 0 Å². The Balaban J connectivity index is 3.36. The lowest BCUT2D eigenvalue weighted by molar-refractivity contribution is -0.136. The molecule has 196 valence electrons. The van der Waals surface area contributed by atoms with Crippen LogP contribution in [0.3, 0.4) is 0 Å². The Hall–Kier alpha value is -1.71. The van der Waals surface area contributed by atoms with Gasteiger partial charge in [0.05, 0.1) is 7.85 Å². The number of nitrogens with zero attached hydrogens (tertiary/aromatic N) is 1. The van der Waals surface area contributed by atoms with Gasteiger partial charge in [-0.3, -0.25) is 4.79 Å². The molecule has 0 spiro atoms. The first-order chi connectivity index (χ1) is 15.9. The molecule has 0 bridgehead atoms. The van der Waals surface area contributed by atoms with Gasteiger partial charge in [0.1, 0.15) is 0 Å². The van der Waals surface area contributed by atoms with E-state index in [-0.39, 0.29) is 28.2 Å². The van der Waals surface area contributed by atoms with E-state index in [4.69, 9.17) is 7.85 Å². The second-order valence-corrected chi connectivity index (χ2v) is 13.5. The van der Waals surface area contributed by atoms with Gasteiger partial charge in [0.2, 0.25) is 5.91 Å². The summed E-state index contributed by atoms with van der Waals surface area (Å²) in [4.78, 5) is 15.1. The number of hydrogen-bond acceptors (Lipinski definition) is 2. The molecular weight excluding hydrogens is 427 g/mol. The molecule has 1 fully saturated rings. The topological polar surface area (TPSA) is 32.3 Å². The van der Waals surface area contributed by atoms with E-state index in [0.717, 1.165) is 37.2 Å². The van der Waals surface area contributed by atoms with Crippen molar-refractivity contribution in [3.05, 3.63) is 48.4 Å². The van der Waals surface area contributed by atoms with Gasteiger partial charge < -0.3 is 10.2 Å². The molecule has 35 heavy (non-hydrogen) atoms. The standard InChI is InChI=1S/C31H53BN2O/c1-13-15-18-24(17-14-2)33-23(3)25(31(11,12)32)21-29(7,8)30(9,10)26(22-28(4,5)6)34-20-16-19-27(34)35/h13-15,17-18,25-26,33H,3,16,19-22H2,1-2,4-12H3/b15-13-,17-14-,24-18+. The van der Waals surface area contributed by atoms with Gasteiger partial charge in [-0.25, -0.2) is 0 Å². The summed E-state index contributed by atoms with van der Waals surface area (Å²) in [6.07, 6.45) is 13.6. The zero-order chi connectivity index (χ0) is 27.2. The van der Waals surface area contributed by atoms with Crippen molar-refractivity contribution in [1.29, 1.82) is 0 Å². The van der Waals surface area contributed by atoms with Crippen molar-refractivity contribution in [3.63, 3.8) is 0 Å². The van der Waals surface area contributed by atoms with Crippen LogP contribution in [-0.2, 0) is 4.79 Å². The van der Waals surface area contributed by atoms with Gasteiger partial charge in [-0.05, 0) is 67.4 Å². The molecule has 2 atom stereocenters. The second kappa shape index (κ2) is 12.0. The summed E-state index contributed by atoms with van der Waals surface area (Å²) in [5.74, 6) is 0.343. The third kappa shape index (κ3) is 8.72. The van der Waals surface area contributed by atoms with Crippen molar-refractivity contribution in [1.82, 2.24) is 10.2 Å². The highest BCUT2D eigenvalue weighted by atomic mass is 16.2. The van der Waals surface area contributed by atoms with Crippen LogP contribution < -0.4 is 5.32 Å². The summed E-state index contributed by atoms with van der Waals surface area (Å²) in [5.41, 5.74) is 1.81. The van der Waals surface area contributed by atoms with Gasteiger partial charge in [0.15, 0.2) is 0 Å². The van der Waals surface area contributed by atoms with Gasteiger partial charge in [0, 0.05) is 30.4 Å². The zero-order valence-corrected chi connectivity index (χ0v) is 24.7. The minimum Gasteiger partial charge on any atom is -0.359 e. The first-order valence-corrected chi connectivity index (χ1v) is 13.4. The van der Waals surface area contributed by atoms with Gasteiger partial charge in [-0.15, -0.1) is 0 Å².